The number of carbonyl (C=O) groups is 1. The van der Waals surface area contributed by atoms with Gasteiger partial charge in [-0.1, -0.05) is 57.9 Å². The maximum atomic E-state index is 13.4. The summed E-state index contributed by atoms with van der Waals surface area (Å²) < 4.78 is 0.984. The third kappa shape index (κ3) is 4.56. The molecule has 7 heteroatoms. The molecule has 0 aliphatic carbocycles. The van der Waals surface area contributed by atoms with E-state index in [4.69, 9.17) is 16.6 Å². The summed E-state index contributed by atoms with van der Waals surface area (Å²) in [5, 5.41) is 0.752. The van der Waals surface area contributed by atoms with Crippen LogP contribution in [-0.4, -0.2) is 49.4 Å². The number of nitrogens with zero attached hydrogens (tertiary/aromatic N) is 4. The van der Waals surface area contributed by atoms with Crippen LogP contribution in [0.3, 0.4) is 0 Å². The van der Waals surface area contributed by atoms with Gasteiger partial charge in [-0.3, -0.25) is 14.6 Å². The van der Waals surface area contributed by atoms with Crippen LogP contribution in [0.15, 0.2) is 76.2 Å². The number of hydrogen-bond acceptors (Lipinski definition) is 4. The van der Waals surface area contributed by atoms with Crippen molar-refractivity contribution in [1.29, 1.82) is 0 Å². The zero-order valence-corrected chi connectivity index (χ0v) is 20.7. The van der Waals surface area contributed by atoms with E-state index in [0.29, 0.717) is 12.4 Å². The number of amides is 1. The molecule has 0 saturated carbocycles. The van der Waals surface area contributed by atoms with Crippen LogP contribution in [0.5, 0.6) is 0 Å². The van der Waals surface area contributed by atoms with Gasteiger partial charge >= 0.3 is 0 Å². The summed E-state index contributed by atoms with van der Waals surface area (Å²) >= 11 is 9.73. The Hall–Kier alpha value is -2.67. The summed E-state index contributed by atoms with van der Waals surface area (Å²) in [6.07, 6.45) is 0. The number of rotatable bonds is 4. The number of halogens is 2. The molecule has 168 valence electrons. The largest absolute Gasteiger partial charge is 0.369 e. The lowest BCUT2D eigenvalue weighted by molar-refractivity contribution is -0.112. The first-order valence-corrected chi connectivity index (χ1v) is 12.2. The molecular formula is C26H24BrClN4O. The zero-order chi connectivity index (χ0) is 22.9. The predicted molar refractivity (Wildman–Crippen MR) is 139 cm³/mol. The van der Waals surface area contributed by atoms with Crippen molar-refractivity contribution in [2.75, 3.05) is 42.6 Å². The zero-order valence-electron chi connectivity index (χ0n) is 18.3. The van der Waals surface area contributed by atoms with E-state index in [1.54, 1.807) is 0 Å². The molecular weight excluding hydrogens is 500 g/mol. The second-order valence-electron chi connectivity index (χ2n) is 8.37. The Balaban J connectivity index is 1.34. The lowest BCUT2D eigenvalue weighted by Crippen LogP contribution is -2.51. The molecule has 2 heterocycles. The van der Waals surface area contributed by atoms with Gasteiger partial charge in [-0.2, -0.15) is 0 Å². The van der Waals surface area contributed by atoms with E-state index >= 15 is 0 Å². The minimum absolute atomic E-state index is 0.0508. The monoisotopic (exact) mass is 522 g/mol. The molecule has 2 aliphatic rings. The predicted octanol–water partition coefficient (Wildman–Crippen LogP) is 5.66. The van der Waals surface area contributed by atoms with E-state index in [2.05, 4.69) is 31.8 Å². The van der Waals surface area contributed by atoms with Gasteiger partial charge in [-0.25, -0.2) is 4.99 Å². The number of benzene rings is 3. The maximum absolute atomic E-state index is 13.4. The van der Waals surface area contributed by atoms with Gasteiger partial charge in [0.05, 0.1) is 18.0 Å². The molecule has 5 nitrogen and oxygen atoms in total. The molecule has 0 spiro atoms. The number of aliphatic imine (C=N–C) groups is 1. The maximum Gasteiger partial charge on any atom is 0.278 e. The van der Waals surface area contributed by atoms with E-state index in [-0.39, 0.29) is 5.91 Å². The summed E-state index contributed by atoms with van der Waals surface area (Å²) in [6, 6.07) is 21.8. The number of carbonyl (C=O) groups excluding carboxylic acids is 1. The Morgan fingerprint density at radius 1 is 0.970 bits per heavy atom. The van der Waals surface area contributed by atoms with Crippen molar-refractivity contribution in [3.05, 3.63) is 87.4 Å². The van der Waals surface area contributed by atoms with Crippen molar-refractivity contribution in [2.45, 2.75) is 6.92 Å². The highest BCUT2D eigenvalue weighted by Gasteiger charge is 2.35. The second kappa shape index (κ2) is 9.29. The van der Waals surface area contributed by atoms with Crippen LogP contribution in [0, 0.1) is 6.92 Å². The number of hydrogen-bond donors (Lipinski definition) is 0. The SMILES string of the molecule is Cc1ccc(N=C2C(=O)N(CN3CCN(c4cccc(Cl)c4)CC3)c3ccccc32)cc1Br. The Bertz CT molecular complexity index is 1240. The van der Waals surface area contributed by atoms with Crippen LogP contribution in [0.1, 0.15) is 11.1 Å². The Labute approximate surface area is 207 Å². The molecule has 0 unspecified atom stereocenters. The van der Waals surface area contributed by atoms with Crippen molar-refractivity contribution in [2.24, 2.45) is 4.99 Å². The van der Waals surface area contributed by atoms with Crippen molar-refractivity contribution in [3.8, 4) is 0 Å². The Morgan fingerprint density at radius 2 is 1.76 bits per heavy atom. The summed E-state index contributed by atoms with van der Waals surface area (Å²) in [4.78, 5) is 24.7. The molecule has 3 aromatic rings. The Kier molecular flexibility index (Phi) is 6.23. The van der Waals surface area contributed by atoms with Crippen LogP contribution >= 0.6 is 27.5 Å². The minimum atomic E-state index is -0.0508. The molecule has 0 bridgehead atoms. The number of piperazine rings is 1. The summed E-state index contributed by atoms with van der Waals surface area (Å²) in [7, 11) is 0. The molecule has 3 aromatic carbocycles. The van der Waals surface area contributed by atoms with Gasteiger partial charge in [0.2, 0.25) is 0 Å². The van der Waals surface area contributed by atoms with E-state index in [0.717, 1.165) is 63.9 Å². The van der Waals surface area contributed by atoms with Crippen molar-refractivity contribution in [1.82, 2.24) is 4.90 Å². The smallest absolute Gasteiger partial charge is 0.278 e. The highest BCUT2D eigenvalue weighted by molar-refractivity contribution is 9.10. The lowest BCUT2D eigenvalue weighted by Gasteiger charge is -2.37. The molecule has 1 amide bonds. The number of para-hydroxylation sites is 1. The first kappa shape index (κ1) is 22.1. The standard InChI is InChI=1S/C26H24BrClN4O/c1-18-9-10-20(16-23(18)27)29-25-22-7-2-3-8-24(22)32(26(25)33)17-30-11-13-31(14-12-30)21-6-4-5-19(28)15-21/h2-10,15-16H,11-14,17H2,1H3. The summed E-state index contributed by atoms with van der Waals surface area (Å²) in [6.45, 7) is 6.11. The lowest BCUT2D eigenvalue weighted by atomic mass is 10.1. The fraction of sp³-hybridized carbons (Fsp3) is 0.231. The highest BCUT2D eigenvalue weighted by Crippen LogP contribution is 2.32. The number of anilines is 2. The van der Waals surface area contributed by atoms with Gasteiger partial charge in [0.15, 0.2) is 0 Å². The molecule has 33 heavy (non-hydrogen) atoms. The van der Waals surface area contributed by atoms with Crippen LogP contribution in [0.25, 0.3) is 0 Å². The topological polar surface area (TPSA) is 39.2 Å². The van der Waals surface area contributed by atoms with Crippen LogP contribution in [0.4, 0.5) is 17.1 Å². The van der Waals surface area contributed by atoms with Crippen LogP contribution < -0.4 is 9.80 Å². The normalized spacial score (nSPS) is 17.7. The minimum Gasteiger partial charge on any atom is -0.369 e. The first-order valence-electron chi connectivity index (χ1n) is 11.0. The number of fused-ring (bicyclic) bond motifs is 1. The van der Waals surface area contributed by atoms with Gasteiger partial charge in [0.1, 0.15) is 5.71 Å². The van der Waals surface area contributed by atoms with Crippen molar-refractivity contribution >= 4 is 56.2 Å². The van der Waals surface area contributed by atoms with Crippen molar-refractivity contribution in [3.63, 3.8) is 0 Å². The summed E-state index contributed by atoms with van der Waals surface area (Å²) in [5.74, 6) is -0.0508. The Morgan fingerprint density at radius 3 is 2.52 bits per heavy atom. The van der Waals surface area contributed by atoms with Gasteiger partial charge in [0.25, 0.3) is 5.91 Å². The third-order valence-electron chi connectivity index (χ3n) is 6.18. The van der Waals surface area contributed by atoms with E-state index in [1.807, 2.05) is 72.5 Å². The first-order chi connectivity index (χ1) is 16.0. The van der Waals surface area contributed by atoms with Gasteiger partial charge < -0.3 is 4.90 Å². The molecule has 1 saturated heterocycles. The summed E-state index contributed by atoms with van der Waals surface area (Å²) in [5.41, 5.74) is 5.35. The molecule has 0 atom stereocenters. The van der Waals surface area contributed by atoms with Crippen LogP contribution in [0.2, 0.25) is 5.02 Å². The molecule has 0 radical (unpaired) electrons. The average Bonchev–Trinajstić information content (AvgIpc) is 3.08. The van der Waals surface area contributed by atoms with Gasteiger partial charge in [0, 0.05) is 46.9 Å². The highest BCUT2D eigenvalue weighted by atomic mass is 79.9. The van der Waals surface area contributed by atoms with E-state index < -0.39 is 0 Å². The second-order valence-corrected chi connectivity index (χ2v) is 9.66. The van der Waals surface area contributed by atoms with Crippen molar-refractivity contribution < 1.29 is 4.79 Å². The van der Waals surface area contributed by atoms with Gasteiger partial charge in [-0.05, 0) is 48.9 Å². The quantitative estimate of drug-likeness (QED) is 0.443. The molecule has 2 aliphatic heterocycles. The average molecular weight is 524 g/mol. The third-order valence-corrected chi connectivity index (χ3v) is 7.27. The van der Waals surface area contributed by atoms with Gasteiger partial charge in [-0.15, -0.1) is 0 Å². The molecule has 5 rings (SSSR count). The fourth-order valence-corrected chi connectivity index (χ4v) is 4.86. The fourth-order valence-electron chi connectivity index (χ4n) is 4.31. The number of aryl methyl sites for hydroxylation is 1. The van der Waals surface area contributed by atoms with E-state index in [9.17, 15) is 4.79 Å². The molecule has 0 aromatic heterocycles. The van der Waals surface area contributed by atoms with Crippen LogP contribution in [-0.2, 0) is 4.79 Å². The van der Waals surface area contributed by atoms with E-state index in [1.165, 1.54) is 0 Å². The molecule has 0 N–H and O–H groups in total. The molecule has 1 fully saturated rings.